The predicted molar refractivity (Wildman–Crippen MR) is 151 cm³/mol. The maximum atomic E-state index is 13.9. The van der Waals surface area contributed by atoms with Crippen molar-refractivity contribution >= 4 is 55.1 Å². The van der Waals surface area contributed by atoms with E-state index >= 15 is 0 Å². The van der Waals surface area contributed by atoms with Gasteiger partial charge < -0.3 is 10.2 Å². The molecule has 0 saturated carbocycles. The lowest BCUT2D eigenvalue weighted by Crippen LogP contribution is -2.53. The van der Waals surface area contributed by atoms with Gasteiger partial charge in [-0.1, -0.05) is 70.0 Å². The maximum absolute atomic E-state index is 13.9. The smallest absolute Gasteiger partial charge is 0.244 e. The molecule has 0 fully saturated rings. The van der Waals surface area contributed by atoms with Gasteiger partial charge in [-0.15, -0.1) is 0 Å². The van der Waals surface area contributed by atoms with E-state index in [9.17, 15) is 18.0 Å². The van der Waals surface area contributed by atoms with Crippen molar-refractivity contribution in [2.75, 3.05) is 23.7 Å². The second-order valence-electron chi connectivity index (χ2n) is 8.49. The molecule has 0 radical (unpaired) electrons. The summed E-state index contributed by atoms with van der Waals surface area (Å²) in [5.74, 6) is -0.815. The van der Waals surface area contributed by atoms with Crippen molar-refractivity contribution in [2.45, 2.75) is 25.9 Å². The van der Waals surface area contributed by atoms with E-state index in [0.29, 0.717) is 17.3 Å². The Balaban J connectivity index is 2.02. The SMILES string of the molecule is CCNC(=O)C(Cc1ccccc1)N(Cc1ccc(Br)cc1)C(=O)CN(c1ccc(Cl)cc1)S(C)(=O)=O. The molecule has 1 N–H and O–H groups in total. The predicted octanol–water partition coefficient (Wildman–Crippen LogP) is 4.64. The third kappa shape index (κ3) is 8.31. The quantitative estimate of drug-likeness (QED) is 0.345. The van der Waals surface area contributed by atoms with Crippen LogP contribution in [0.25, 0.3) is 0 Å². The molecule has 0 aliphatic rings. The number of nitrogens with one attached hydrogen (secondary N) is 1. The second-order valence-corrected chi connectivity index (χ2v) is 11.8. The van der Waals surface area contributed by atoms with Gasteiger partial charge in [0.25, 0.3) is 0 Å². The minimum Gasteiger partial charge on any atom is -0.355 e. The lowest BCUT2D eigenvalue weighted by atomic mass is 10.0. The third-order valence-electron chi connectivity index (χ3n) is 5.68. The van der Waals surface area contributed by atoms with Crippen molar-refractivity contribution in [1.29, 1.82) is 0 Å². The van der Waals surface area contributed by atoms with Crippen molar-refractivity contribution in [2.24, 2.45) is 0 Å². The van der Waals surface area contributed by atoms with Gasteiger partial charge in [-0.3, -0.25) is 13.9 Å². The van der Waals surface area contributed by atoms with Crippen LogP contribution < -0.4 is 9.62 Å². The van der Waals surface area contributed by atoms with E-state index < -0.39 is 28.5 Å². The fraction of sp³-hybridized carbons (Fsp3) is 0.259. The molecule has 3 rings (SSSR count). The molecule has 0 aliphatic heterocycles. The Hall–Kier alpha value is -2.88. The first-order chi connectivity index (χ1) is 17.6. The van der Waals surface area contributed by atoms with Crippen LogP contribution in [0.2, 0.25) is 5.02 Å². The zero-order chi connectivity index (χ0) is 27.0. The molecule has 0 bridgehead atoms. The van der Waals surface area contributed by atoms with Gasteiger partial charge in [0.1, 0.15) is 12.6 Å². The number of halogens is 2. The number of anilines is 1. The molecule has 1 unspecified atom stereocenters. The van der Waals surface area contributed by atoms with E-state index in [0.717, 1.165) is 26.2 Å². The number of carbonyl (C=O) groups is 2. The molecule has 2 amide bonds. The van der Waals surface area contributed by atoms with Gasteiger partial charge in [0.2, 0.25) is 21.8 Å². The standard InChI is InChI=1S/C27H29BrClN3O4S/c1-3-30-27(34)25(17-20-7-5-4-6-8-20)31(18-21-9-11-22(28)12-10-21)26(33)19-32(37(2,35)36)24-15-13-23(29)14-16-24/h4-16,25H,3,17-19H2,1-2H3,(H,30,34). The summed E-state index contributed by atoms with van der Waals surface area (Å²) in [6, 6.07) is 22.2. The van der Waals surface area contributed by atoms with Gasteiger partial charge >= 0.3 is 0 Å². The monoisotopic (exact) mass is 605 g/mol. The summed E-state index contributed by atoms with van der Waals surface area (Å²) >= 11 is 9.40. The van der Waals surface area contributed by atoms with Crippen LogP contribution in [0.3, 0.4) is 0 Å². The molecule has 0 aromatic heterocycles. The highest BCUT2D eigenvalue weighted by molar-refractivity contribution is 9.10. The number of hydrogen-bond acceptors (Lipinski definition) is 4. The Morgan fingerprint density at radius 3 is 2.14 bits per heavy atom. The topological polar surface area (TPSA) is 86.8 Å². The number of likely N-dealkylation sites (N-methyl/N-ethyl adjacent to an activating group) is 1. The maximum Gasteiger partial charge on any atom is 0.244 e. The number of hydrogen-bond donors (Lipinski definition) is 1. The van der Waals surface area contributed by atoms with Crippen LogP contribution in [-0.4, -0.2) is 50.5 Å². The minimum atomic E-state index is -3.82. The molecule has 0 saturated heterocycles. The lowest BCUT2D eigenvalue weighted by molar-refractivity contribution is -0.140. The highest BCUT2D eigenvalue weighted by atomic mass is 79.9. The van der Waals surface area contributed by atoms with Crippen LogP contribution in [0.15, 0.2) is 83.3 Å². The van der Waals surface area contributed by atoms with Crippen LogP contribution in [0.1, 0.15) is 18.1 Å². The second kappa shape index (κ2) is 13.1. The van der Waals surface area contributed by atoms with Crippen LogP contribution in [0, 0.1) is 0 Å². The Morgan fingerprint density at radius 1 is 0.946 bits per heavy atom. The van der Waals surface area contributed by atoms with Crippen molar-refractivity contribution in [3.05, 3.63) is 99.5 Å². The van der Waals surface area contributed by atoms with E-state index in [2.05, 4.69) is 21.2 Å². The fourth-order valence-corrected chi connectivity index (χ4v) is 5.09. The van der Waals surface area contributed by atoms with Gasteiger partial charge in [-0.2, -0.15) is 0 Å². The summed E-state index contributed by atoms with van der Waals surface area (Å²) in [6.07, 6.45) is 1.31. The van der Waals surface area contributed by atoms with Crippen molar-refractivity contribution in [1.82, 2.24) is 10.2 Å². The average Bonchev–Trinajstić information content (AvgIpc) is 2.86. The highest BCUT2D eigenvalue weighted by Gasteiger charge is 2.32. The molecule has 196 valence electrons. The van der Waals surface area contributed by atoms with Crippen molar-refractivity contribution < 1.29 is 18.0 Å². The highest BCUT2D eigenvalue weighted by Crippen LogP contribution is 2.22. The summed E-state index contributed by atoms with van der Waals surface area (Å²) in [7, 11) is -3.82. The number of nitrogens with zero attached hydrogens (tertiary/aromatic N) is 2. The number of amides is 2. The normalized spacial score (nSPS) is 12.0. The number of benzene rings is 3. The first kappa shape index (κ1) is 28.7. The van der Waals surface area contributed by atoms with Crippen LogP contribution in [0.4, 0.5) is 5.69 Å². The first-order valence-corrected chi connectivity index (χ1v) is 14.7. The molecule has 0 aliphatic carbocycles. The van der Waals surface area contributed by atoms with E-state index in [-0.39, 0.29) is 18.9 Å². The van der Waals surface area contributed by atoms with Crippen molar-refractivity contribution in [3.8, 4) is 0 Å². The Bertz CT molecular complexity index is 1300. The molecule has 10 heteroatoms. The molecule has 3 aromatic carbocycles. The third-order valence-corrected chi connectivity index (χ3v) is 7.60. The van der Waals surface area contributed by atoms with Gasteiger partial charge in [-0.25, -0.2) is 8.42 Å². The number of sulfonamides is 1. The largest absolute Gasteiger partial charge is 0.355 e. The van der Waals surface area contributed by atoms with Gasteiger partial charge in [0, 0.05) is 29.0 Å². The fourth-order valence-electron chi connectivity index (χ4n) is 3.85. The van der Waals surface area contributed by atoms with Crippen LogP contribution in [0.5, 0.6) is 0 Å². The van der Waals surface area contributed by atoms with E-state index in [1.807, 2.05) is 61.5 Å². The van der Waals surface area contributed by atoms with E-state index in [1.165, 1.54) is 4.90 Å². The average molecular weight is 607 g/mol. The molecule has 1 atom stereocenters. The molecule has 37 heavy (non-hydrogen) atoms. The summed E-state index contributed by atoms with van der Waals surface area (Å²) in [5, 5.41) is 3.27. The zero-order valence-electron chi connectivity index (χ0n) is 20.6. The molecule has 7 nitrogen and oxygen atoms in total. The zero-order valence-corrected chi connectivity index (χ0v) is 23.8. The number of carbonyl (C=O) groups excluding carboxylic acids is 2. The summed E-state index contributed by atoms with van der Waals surface area (Å²) < 4.78 is 27.3. The van der Waals surface area contributed by atoms with E-state index in [1.54, 1.807) is 24.3 Å². The van der Waals surface area contributed by atoms with Gasteiger partial charge in [0.05, 0.1) is 11.9 Å². The van der Waals surface area contributed by atoms with Gasteiger partial charge in [-0.05, 0) is 54.4 Å². The summed E-state index contributed by atoms with van der Waals surface area (Å²) in [6.45, 7) is 1.86. The first-order valence-electron chi connectivity index (χ1n) is 11.7. The van der Waals surface area contributed by atoms with E-state index in [4.69, 9.17) is 11.6 Å². The molecular weight excluding hydrogens is 578 g/mol. The lowest BCUT2D eigenvalue weighted by Gasteiger charge is -2.33. The molecule has 0 spiro atoms. The Labute approximate surface area is 231 Å². The Kier molecular flexibility index (Phi) is 10.1. The molecule has 0 heterocycles. The van der Waals surface area contributed by atoms with Crippen LogP contribution in [-0.2, 0) is 32.6 Å². The Morgan fingerprint density at radius 2 is 1.57 bits per heavy atom. The minimum absolute atomic E-state index is 0.124. The summed E-state index contributed by atoms with van der Waals surface area (Å²) in [4.78, 5) is 28.6. The van der Waals surface area contributed by atoms with Crippen molar-refractivity contribution in [3.63, 3.8) is 0 Å². The van der Waals surface area contributed by atoms with Gasteiger partial charge in [0.15, 0.2) is 0 Å². The molecule has 3 aromatic rings. The van der Waals surface area contributed by atoms with Crippen LogP contribution >= 0.6 is 27.5 Å². The summed E-state index contributed by atoms with van der Waals surface area (Å²) in [5.41, 5.74) is 1.99. The number of rotatable bonds is 11. The molecular formula is C27H29BrClN3O4S.